The Morgan fingerprint density at radius 1 is 0.938 bits per heavy atom. The van der Waals surface area contributed by atoms with E-state index in [-0.39, 0.29) is 0 Å². The number of hydrogen-bond donors (Lipinski definition) is 1. The Morgan fingerprint density at radius 3 is 2.44 bits per heavy atom. The van der Waals surface area contributed by atoms with Crippen molar-refractivity contribution in [3.05, 3.63) is 60.2 Å². The number of ether oxygens (including phenoxy) is 1. The second-order valence-electron chi connectivity index (χ2n) is 3.23. The molecule has 0 aliphatic heterocycles. The van der Waals surface area contributed by atoms with Crippen molar-refractivity contribution in [1.29, 1.82) is 0 Å². The van der Waals surface area contributed by atoms with E-state index < -0.39 is 0 Å². The number of para-hydroxylation sites is 1. The van der Waals surface area contributed by atoms with Crippen LogP contribution < -0.4 is 4.74 Å². The van der Waals surface area contributed by atoms with Gasteiger partial charge in [0.1, 0.15) is 11.5 Å². The molecule has 0 amide bonds. The minimum Gasteiger partial charge on any atom is -0.457 e. The highest BCUT2D eigenvalue weighted by molar-refractivity contribution is 5.79. The lowest BCUT2D eigenvalue weighted by Crippen LogP contribution is -1.86. The van der Waals surface area contributed by atoms with Gasteiger partial charge in [-0.3, -0.25) is 0 Å². The molecule has 0 radical (unpaired) electrons. The van der Waals surface area contributed by atoms with E-state index in [9.17, 15) is 0 Å². The van der Waals surface area contributed by atoms with Crippen LogP contribution in [-0.4, -0.2) is 11.4 Å². The average molecular weight is 213 g/mol. The van der Waals surface area contributed by atoms with Crippen LogP contribution in [0.4, 0.5) is 0 Å². The van der Waals surface area contributed by atoms with Gasteiger partial charge in [-0.15, -0.1) is 0 Å². The largest absolute Gasteiger partial charge is 0.457 e. The first-order valence-corrected chi connectivity index (χ1v) is 4.89. The first-order valence-electron chi connectivity index (χ1n) is 4.89. The fraction of sp³-hybridized carbons (Fsp3) is 0. The summed E-state index contributed by atoms with van der Waals surface area (Å²) < 4.78 is 5.62. The summed E-state index contributed by atoms with van der Waals surface area (Å²) in [5, 5.41) is 11.4. The van der Waals surface area contributed by atoms with E-state index in [0.29, 0.717) is 5.75 Å². The molecule has 0 aliphatic rings. The average Bonchev–Trinajstić information content (AvgIpc) is 2.31. The van der Waals surface area contributed by atoms with Crippen LogP contribution in [-0.2, 0) is 0 Å². The van der Waals surface area contributed by atoms with Gasteiger partial charge in [0.2, 0.25) is 0 Å². The number of benzene rings is 2. The van der Waals surface area contributed by atoms with Crippen LogP contribution in [0.25, 0.3) is 0 Å². The quantitative estimate of drug-likeness (QED) is 0.483. The molecular formula is C13H11NO2. The molecule has 0 saturated heterocycles. The highest BCUT2D eigenvalue weighted by Gasteiger charge is 1.96. The zero-order valence-electron chi connectivity index (χ0n) is 8.58. The standard InChI is InChI=1S/C13H11NO2/c15-14-10-11-5-4-8-13(9-11)16-12-6-2-1-3-7-12/h1-10,15H. The van der Waals surface area contributed by atoms with E-state index in [4.69, 9.17) is 9.94 Å². The van der Waals surface area contributed by atoms with E-state index in [2.05, 4.69) is 5.16 Å². The number of hydrogen-bond acceptors (Lipinski definition) is 3. The molecule has 16 heavy (non-hydrogen) atoms. The molecule has 0 fully saturated rings. The lowest BCUT2D eigenvalue weighted by Gasteiger charge is -2.05. The number of nitrogens with zero attached hydrogens (tertiary/aromatic N) is 1. The summed E-state index contributed by atoms with van der Waals surface area (Å²) in [6, 6.07) is 16.8. The molecule has 2 aromatic rings. The summed E-state index contributed by atoms with van der Waals surface area (Å²) in [7, 11) is 0. The third kappa shape index (κ3) is 2.60. The molecule has 0 aromatic heterocycles. The molecule has 0 bridgehead atoms. The summed E-state index contributed by atoms with van der Waals surface area (Å²) in [5.41, 5.74) is 0.788. The van der Waals surface area contributed by atoms with Gasteiger partial charge in [0.05, 0.1) is 6.21 Å². The highest BCUT2D eigenvalue weighted by atomic mass is 16.5. The maximum atomic E-state index is 8.43. The first kappa shape index (κ1) is 10.2. The molecule has 0 unspecified atom stereocenters. The summed E-state index contributed by atoms with van der Waals surface area (Å²) in [6.45, 7) is 0. The Bertz CT molecular complexity index is 480. The molecule has 2 aromatic carbocycles. The van der Waals surface area contributed by atoms with Crippen molar-refractivity contribution in [3.63, 3.8) is 0 Å². The van der Waals surface area contributed by atoms with Gasteiger partial charge in [-0.05, 0) is 29.8 Å². The van der Waals surface area contributed by atoms with Crippen LogP contribution in [0.2, 0.25) is 0 Å². The predicted molar refractivity (Wildman–Crippen MR) is 62.3 cm³/mol. The maximum absolute atomic E-state index is 8.43. The first-order chi connectivity index (χ1) is 7.88. The molecular weight excluding hydrogens is 202 g/mol. The van der Waals surface area contributed by atoms with Crippen LogP contribution in [0.1, 0.15) is 5.56 Å². The molecule has 0 spiro atoms. The van der Waals surface area contributed by atoms with Crippen molar-refractivity contribution in [2.24, 2.45) is 5.16 Å². The Labute approximate surface area is 93.6 Å². The van der Waals surface area contributed by atoms with Crippen molar-refractivity contribution >= 4 is 6.21 Å². The van der Waals surface area contributed by atoms with Gasteiger partial charge in [0, 0.05) is 0 Å². The number of oxime groups is 1. The van der Waals surface area contributed by atoms with E-state index in [0.717, 1.165) is 11.3 Å². The van der Waals surface area contributed by atoms with E-state index in [1.54, 1.807) is 6.07 Å². The molecule has 0 saturated carbocycles. The monoisotopic (exact) mass is 213 g/mol. The third-order valence-corrected chi connectivity index (χ3v) is 2.04. The molecule has 2 rings (SSSR count). The fourth-order valence-electron chi connectivity index (χ4n) is 1.35. The second-order valence-corrected chi connectivity index (χ2v) is 3.23. The van der Waals surface area contributed by atoms with Crippen LogP contribution in [0.15, 0.2) is 59.8 Å². The zero-order chi connectivity index (χ0) is 11.2. The van der Waals surface area contributed by atoms with Gasteiger partial charge in [-0.2, -0.15) is 0 Å². The topological polar surface area (TPSA) is 41.8 Å². The SMILES string of the molecule is ON=Cc1cccc(Oc2ccccc2)c1. The molecule has 0 atom stereocenters. The molecule has 0 aliphatic carbocycles. The molecule has 0 heterocycles. The molecule has 3 heteroatoms. The summed E-state index contributed by atoms with van der Waals surface area (Å²) in [6.07, 6.45) is 1.36. The lowest BCUT2D eigenvalue weighted by molar-refractivity contribution is 0.322. The Balaban J connectivity index is 2.19. The normalized spacial score (nSPS) is 10.5. The van der Waals surface area contributed by atoms with E-state index >= 15 is 0 Å². The number of rotatable bonds is 3. The Hall–Kier alpha value is -2.29. The van der Waals surface area contributed by atoms with E-state index in [1.165, 1.54) is 6.21 Å². The minimum absolute atomic E-state index is 0.712. The van der Waals surface area contributed by atoms with Crippen LogP contribution in [0.3, 0.4) is 0 Å². The molecule has 80 valence electrons. The van der Waals surface area contributed by atoms with Gasteiger partial charge < -0.3 is 9.94 Å². The minimum atomic E-state index is 0.712. The van der Waals surface area contributed by atoms with Gasteiger partial charge in [-0.1, -0.05) is 35.5 Å². The van der Waals surface area contributed by atoms with Gasteiger partial charge in [0.25, 0.3) is 0 Å². The van der Waals surface area contributed by atoms with Gasteiger partial charge >= 0.3 is 0 Å². The maximum Gasteiger partial charge on any atom is 0.128 e. The van der Waals surface area contributed by atoms with Crippen molar-refractivity contribution in [2.45, 2.75) is 0 Å². The summed E-state index contributed by atoms with van der Waals surface area (Å²) >= 11 is 0. The lowest BCUT2D eigenvalue weighted by atomic mass is 10.2. The van der Waals surface area contributed by atoms with Crippen molar-refractivity contribution < 1.29 is 9.94 Å². The van der Waals surface area contributed by atoms with E-state index in [1.807, 2.05) is 48.5 Å². The zero-order valence-corrected chi connectivity index (χ0v) is 8.58. The van der Waals surface area contributed by atoms with Crippen molar-refractivity contribution in [1.82, 2.24) is 0 Å². The molecule has 3 nitrogen and oxygen atoms in total. The fourth-order valence-corrected chi connectivity index (χ4v) is 1.35. The van der Waals surface area contributed by atoms with Gasteiger partial charge in [-0.25, -0.2) is 0 Å². The van der Waals surface area contributed by atoms with Crippen LogP contribution >= 0.6 is 0 Å². The Morgan fingerprint density at radius 2 is 1.69 bits per heavy atom. The third-order valence-electron chi connectivity index (χ3n) is 2.04. The second kappa shape index (κ2) is 4.98. The summed E-state index contributed by atoms with van der Waals surface area (Å²) in [4.78, 5) is 0. The van der Waals surface area contributed by atoms with Crippen LogP contribution in [0, 0.1) is 0 Å². The highest BCUT2D eigenvalue weighted by Crippen LogP contribution is 2.21. The van der Waals surface area contributed by atoms with Crippen LogP contribution in [0.5, 0.6) is 11.5 Å². The smallest absolute Gasteiger partial charge is 0.128 e. The Kier molecular flexibility index (Phi) is 3.18. The van der Waals surface area contributed by atoms with Gasteiger partial charge in [0.15, 0.2) is 0 Å². The van der Waals surface area contributed by atoms with Crippen molar-refractivity contribution in [2.75, 3.05) is 0 Å². The molecule has 1 N–H and O–H groups in total. The van der Waals surface area contributed by atoms with Crippen molar-refractivity contribution in [3.8, 4) is 11.5 Å². The predicted octanol–water partition coefficient (Wildman–Crippen LogP) is 3.29. The summed E-state index contributed by atoms with van der Waals surface area (Å²) in [5.74, 6) is 1.49.